The van der Waals surface area contributed by atoms with E-state index in [-0.39, 0.29) is 23.7 Å². The largest absolute Gasteiger partial charge is 0.481 e. The van der Waals surface area contributed by atoms with Crippen molar-refractivity contribution in [2.45, 2.75) is 57.9 Å². The first-order valence-electron chi connectivity index (χ1n) is 13.0. The van der Waals surface area contributed by atoms with E-state index in [2.05, 4.69) is 35.8 Å². The number of nitrogens with one attached hydrogen (secondary N) is 2. The SMILES string of the molecule is Cc1sc(C)c(C(=O)NC2CCC(C(=O)O)CC2)c1Cc1ccc(-c2cc(F)cc(C3CNC3)c2)cc1. The molecule has 1 saturated carbocycles. The summed E-state index contributed by atoms with van der Waals surface area (Å²) < 4.78 is 14.3. The summed E-state index contributed by atoms with van der Waals surface area (Å²) in [5, 5.41) is 15.7. The molecule has 1 saturated heterocycles. The molecule has 0 unspecified atom stereocenters. The summed E-state index contributed by atoms with van der Waals surface area (Å²) in [7, 11) is 0. The average molecular weight is 521 g/mol. The number of amides is 1. The number of rotatable bonds is 7. The number of halogens is 1. The van der Waals surface area contributed by atoms with Gasteiger partial charge in [0.2, 0.25) is 0 Å². The van der Waals surface area contributed by atoms with E-state index in [0.717, 1.165) is 56.2 Å². The number of carbonyl (C=O) groups excluding carboxylic acids is 1. The first-order chi connectivity index (χ1) is 17.8. The van der Waals surface area contributed by atoms with E-state index >= 15 is 0 Å². The normalized spacial score (nSPS) is 19.9. The highest BCUT2D eigenvalue weighted by Crippen LogP contribution is 2.32. The van der Waals surface area contributed by atoms with Crippen LogP contribution in [0.3, 0.4) is 0 Å². The lowest BCUT2D eigenvalue weighted by Crippen LogP contribution is -2.39. The monoisotopic (exact) mass is 520 g/mol. The fourth-order valence-corrected chi connectivity index (χ4v) is 6.62. The van der Waals surface area contributed by atoms with Gasteiger partial charge in [-0.05, 0) is 85.9 Å². The van der Waals surface area contributed by atoms with Gasteiger partial charge >= 0.3 is 5.97 Å². The Labute approximate surface area is 221 Å². The van der Waals surface area contributed by atoms with Crippen LogP contribution in [0.5, 0.6) is 0 Å². The highest BCUT2D eigenvalue weighted by molar-refractivity contribution is 7.12. The molecule has 7 heteroatoms. The summed E-state index contributed by atoms with van der Waals surface area (Å²) in [5.74, 6) is -0.942. The molecule has 0 bridgehead atoms. The van der Waals surface area contributed by atoms with Crippen LogP contribution in [0.1, 0.15) is 68.4 Å². The molecule has 37 heavy (non-hydrogen) atoms. The zero-order chi connectivity index (χ0) is 26.1. The quantitative estimate of drug-likeness (QED) is 0.367. The maximum absolute atomic E-state index is 14.3. The second-order valence-corrected chi connectivity index (χ2v) is 11.9. The van der Waals surface area contributed by atoms with Gasteiger partial charge in [0.25, 0.3) is 5.91 Å². The van der Waals surface area contributed by atoms with Gasteiger partial charge in [-0.25, -0.2) is 4.39 Å². The number of aryl methyl sites for hydroxylation is 2. The lowest BCUT2D eigenvalue weighted by molar-refractivity contribution is -0.142. The van der Waals surface area contributed by atoms with E-state index in [1.807, 2.05) is 19.1 Å². The standard InChI is InChI=1S/C30H33FN2O3S/c1-17-27(28(18(2)37-17)29(34)33-26-9-7-21(8-10-26)30(35)36)11-19-3-5-20(6-4-19)22-12-23(14-25(31)13-22)24-15-32-16-24/h3-6,12-14,21,24,26,32H,7-11,15-16H2,1-2H3,(H,33,34)(H,35,36). The van der Waals surface area contributed by atoms with Crippen molar-refractivity contribution in [1.82, 2.24) is 10.6 Å². The molecular weight excluding hydrogens is 487 g/mol. The van der Waals surface area contributed by atoms with E-state index in [9.17, 15) is 19.1 Å². The Morgan fingerprint density at radius 2 is 1.70 bits per heavy atom. The molecule has 2 heterocycles. The Hall–Kier alpha value is -3.03. The van der Waals surface area contributed by atoms with Crippen molar-refractivity contribution in [1.29, 1.82) is 0 Å². The maximum Gasteiger partial charge on any atom is 0.306 e. The fourth-order valence-electron chi connectivity index (χ4n) is 5.54. The average Bonchev–Trinajstić information content (AvgIpc) is 3.11. The van der Waals surface area contributed by atoms with Crippen LogP contribution in [-0.4, -0.2) is 36.1 Å². The van der Waals surface area contributed by atoms with E-state index < -0.39 is 5.97 Å². The van der Waals surface area contributed by atoms with Crippen molar-refractivity contribution in [3.05, 3.63) is 80.3 Å². The summed E-state index contributed by atoms with van der Waals surface area (Å²) in [6.45, 7) is 5.82. The molecular formula is C30H33FN2O3S. The van der Waals surface area contributed by atoms with Crippen LogP contribution in [0.15, 0.2) is 42.5 Å². The van der Waals surface area contributed by atoms with E-state index in [4.69, 9.17) is 0 Å². The molecule has 1 aromatic heterocycles. The van der Waals surface area contributed by atoms with Gasteiger partial charge in [0.1, 0.15) is 5.82 Å². The summed E-state index contributed by atoms with van der Waals surface area (Å²) in [5.41, 5.74) is 5.78. The third-order valence-electron chi connectivity index (χ3n) is 7.86. The van der Waals surface area contributed by atoms with E-state index in [1.165, 1.54) is 0 Å². The number of carboxylic acids is 1. The molecule has 1 amide bonds. The molecule has 1 aliphatic heterocycles. The Morgan fingerprint density at radius 1 is 1.00 bits per heavy atom. The molecule has 5 nitrogen and oxygen atoms in total. The maximum atomic E-state index is 14.3. The minimum Gasteiger partial charge on any atom is -0.481 e. The van der Waals surface area contributed by atoms with E-state index in [0.29, 0.717) is 38.0 Å². The van der Waals surface area contributed by atoms with Crippen molar-refractivity contribution in [2.24, 2.45) is 5.92 Å². The van der Waals surface area contributed by atoms with Crippen LogP contribution >= 0.6 is 11.3 Å². The Balaban J connectivity index is 1.30. The van der Waals surface area contributed by atoms with Crippen LogP contribution in [-0.2, 0) is 11.2 Å². The van der Waals surface area contributed by atoms with Crippen LogP contribution in [0.2, 0.25) is 0 Å². The Morgan fingerprint density at radius 3 is 2.32 bits per heavy atom. The van der Waals surface area contributed by atoms with Crippen molar-refractivity contribution in [3.63, 3.8) is 0 Å². The van der Waals surface area contributed by atoms with Gasteiger partial charge in [0, 0.05) is 34.8 Å². The molecule has 3 aromatic rings. The molecule has 5 rings (SSSR count). The summed E-state index contributed by atoms with van der Waals surface area (Å²) in [6, 6.07) is 13.5. The van der Waals surface area contributed by atoms with Gasteiger partial charge in [-0.1, -0.05) is 30.3 Å². The van der Waals surface area contributed by atoms with Crippen molar-refractivity contribution in [3.8, 4) is 11.1 Å². The summed E-state index contributed by atoms with van der Waals surface area (Å²) in [4.78, 5) is 26.7. The van der Waals surface area contributed by atoms with Crippen molar-refractivity contribution >= 4 is 23.2 Å². The third-order valence-corrected chi connectivity index (χ3v) is 8.93. The first-order valence-corrected chi connectivity index (χ1v) is 13.8. The summed E-state index contributed by atoms with van der Waals surface area (Å²) in [6.07, 6.45) is 3.24. The number of thiophene rings is 1. The topological polar surface area (TPSA) is 78.4 Å². The number of carbonyl (C=O) groups is 2. The third kappa shape index (κ3) is 5.63. The van der Waals surface area contributed by atoms with E-state index in [1.54, 1.807) is 23.5 Å². The lowest BCUT2D eigenvalue weighted by atomic mass is 9.86. The Kier molecular flexibility index (Phi) is 7.45. The number of hydrogen-bond acceptors (Lipinski definition) is 4. The molecule has 0 spiro atoms. The van der Waals surface area contributed by atoms with Crippen molar-refractivity contribution in [2.75, 3.05) is 13.1 Å². The van der Waals surface area contributed by atoms with Gasteiger partial charge in [-0.3, -0.25) is 9.59 Å². The van der Waals surface area contributed by atoms with Crippen molar-refractivity contribution < 1.29 is 19.1 Å². The Bertz CT molecular complexity index is 1310. The molecule has 0 atom stereocenters. The van der Waals surface area contributed by atoms with Crippen LogP contribution in [0.4, 0.5) is 4.39 Å². The number of aliphatic carboxylic acids is 1. The highest BCUT2D eigenvalue weighted by atomic mass is 32.1. The minimum absolute atomic E-state index is 0.0155. The zero-order valence-electron chi connectivity index (χ0n) is 21.3. The molecule has 2 aliphatic rings. The second kappa shape index (κ2) is 10.8. The molecule has 1 aliphatic carbocycles. The number of benzene rings is 2. The molecule has 2 aromatic carbocycles. The van der Waals surface area contributed by atoms with Crippen LogP contribution in [0.25, 0.3) is 11.1 Å². The predicted molar refractivity (Wildman–Crippen MR) is 145 cm³/mol. The second-order valence-electron chi connectivity index (χ2n) is 10.4. The molecule has 194 valence electrons. The van der Waals surface area contributed by atoms with Gasteiger partial charge in [-0.2, -0.15) is 0 Å². The van der Waals surface area contributed by atoms with Gasteiger partial charge in [-0.15, -0.1) is 11.3 Å². The van der Waals surface area contributed by atoms with Crippen LogP contribution < -0.4 is 10.6 Å². The first kappa shape index (κ1) is 25.6. The predicted octanol–water partition coefficient (Wildman–Crippen LogP) is 5.82. The molecule has 0 radical (unpaired) electrons. The smallest absolute Gasteiger partial charge is 0.306 e. The molecule has 3 N–H and O–H groups in total. The van der Waals surface area contributed by atoms with Gasteiger partial charge in [0.15, 0.2) is 0 Å². The molecule has 2 fully saturated rings. The highest BCUT2D eigenvalue weighted by Gasteiger charge is 2.28. The minimum atomic E-state index is -0.740. The number of hydrogen-bond donors (Lipinski definition) is 3. The fraction of sp³-hybridized carbons (Fsp3) is 0.400. The number of carboxylic acid groups (broad SMARTS) is 1. The van der Waals surface area contributed by atoms with Gasteiger partial charge in [0.05, 0.1) is 11.5 Å². The van der Waals surface area contributed by atoms with Crippen LogP contribution in [0, 0.1) is 25.6 Å². The summed E-state index contributed by atoms with van der Waals surface area (Å²) >= 11 is 1.64. The zero-order valence-corrected chi connectivity index (χ0v) is 22.1. The lowest BCUT2D eigenvalue weighted by Gasteiger charge is -2.28. The van der Waals surface area contributed by atoms with Gasteiger partial charge < -0.3 is 15.7 Å².